The number of carbonyl (C=O) groups excluding carboxylic acids is 1. The van der Waals surface area contributed by atoms with Crippen LogP contribution in [0.1, 0.15) is 54.2 Å². The van der Waals surface area contributed by atoms with Gasteiger partial charge in [-0.3, -0.25) is 4.79 Å². The number of nitrogens with one attached hydrogen (secondary N) is 1. The van der Waals surface area contributed by atoms with Crippen molar-refractivity contribution in [2.45, 2.75) is 58.0 Å². The topological polar surface area (TPSA) is 84.1 Å². The normalized spacial score (nSPS) is 22.2. The fraction of sp³-hybridized carbons (Fsp3) is 0.522. The largest absolute Gasteiger partial charge is 0.356 e. The lowest BCUT2D eigenvalue weighted by Gasteiger charge is -2.34. The number of nitrogens with two attached hydrogens (primary N) is 1. The summed E-state index contributed by atoms with van der Waals surface area (Å²) >= 11 is 0. The van der Waals surface area contributed by atoms with Crippen molar-refractivity contribution in [1.82, 2.24) is 15.3 Å². The highest BCUT2D eigenvalue weighted by atomic mass is 16.1. The van der Waals surface area contributed by atoms with Gasteiger partial charge in [0.05, 0.1) is 0 Å². The molecule has 3 N–H and O–H groups in total. The van der Waals surface area contributed by atoms with Crippen LogP contribution >= 0.6 is 0 Å². The second kappa shape index (κ2) is 8.49. The van der Waals surface area contributed by atoms with Gasteiger partial charge in [-0.25, -0.2) is 9.97 Å². The van der Waals surface area contributed by atoms with Gasteiger partial charge in [-0.15, -0.1) is 0 Å². The van der Waals surface area contributed by atoms with Crippen molar-refractivity contribution in [3.63, 3.8) is 0 Å². The molecular weight excluding hydrogens is 362 g/mol. The van der Waals surface area contributed by atoms with Gasteiger partial charge in [-0.1, -0.05) is 29.8 Å². The molecule has 1 saturated heterocycles. The van der Waals surface area contributed by atoms with Gasteiger partial charge in [-0.05, 0) is 45.1 Å². The van der Waals surface area contributed by atoms with Crippen LogP contribution in [0.4, 0.5) is 5.82 Å². The van der Waals surface area contributed by atoms with E-state index in [4.69, 9.17) is 5.73 Å². The Labute approximate surface area is 172 Å². The van der Waals surface area contributed by atoms with E-state index >= 15 is 0 Å². The number of amides is 1. The van der Waals surface area contributed by atoms with Crippen LogP contribution in [0.25, 0.3) is 0 Å². The SMILES string of the molecule is Cc1ccc(CNC(=O)C2CCN(c3cc(C4CC(N)C4)nc(C)n3)CC2)cc1. The quantitative estimate of drug-likeness (QED) is 0.816. The molecule has 0 unspecified atom stereocenters. The maximum atomic E-state index is 12.6. The third-order valence-corrected chi connectivity index (χ3v) is 6.21. The molecule has 0 bridgehead atoms. The minimum atomic E-state index is 0.0729. The molecule has 6 heteroatoms. The molecule has 2 aromatic rings. The fourth-order valence-corrected chi connectivity index (χ4v) is 4.26. The van der Waals surface area contributed by atoms with Crippen molar-refractivity contribution >= 4 is 11.7 Å². The summed E-state index contributed by atoms with van der Waals surface area (Å²) in [6.45, 7) is 6.32. The molecule has 2 aliphatic rings. The molecule has 1 aliphatic heterocycles. The monoisotopic (exact) mass is 393 g/mol. The first kappa shape index (κ1) is 19.8. The fourth-order valence-electron chi connectivity index (χ4n) is 4.26. The predicted molar refractivity (Wildman–Crippen MR) is 115 cm³/mol. The Kier molecular flexibility index (Phi) is 5.81. The summed E-state index contributed by atoms with van der Waals surface area (Å²) in [4.78, 5) is 24.2. The second-order valence-electron chi connectivity index (χ2n) is 8.59. The lowest BCUT2D eigenvalue weighted by atomic mass is 9.78. The van der Waals surface area contributed by atoms with E-state index in [2.05, 4.69) is 57.4 Å². The molecule has 1 aromatic carbocycles. The number of benzene rings is 1. The molecule has 0 radical (unpaired) electrons. The van der Waals surface area contributed by atoms with Crippen molar-refractivity contribution in [2.24, 2.45) is 11.7 Å². The van der Waals surface area contributed by atoms with Crippen molar-refractivity contribution in [3.8, 4) is 0 Å². The van der Waals surface area contributed by atoms with Crippen LogP contribution in [0.5, 0.6) is 0 Å². The zero-order valence-electron chi connectivity index (χ0n) is 17.4. The highest BCUT2D eigenvalue weighted by Gasteiger charge is 2.30. The number of piperidine rings is 1. The number of aryl methyl sites for hydroxylation is 2. The number of hydrogen-bond acceptors (Lipinski definition) is 5. The van der Waals surface area contributed by atoms with E-state index < -0.39 is 0 Å². The van der Waals surface area contributed by atoms with Gasteiger partial charge in [0.15, 0.2) is 0 Å². The Hall–Kier alpha value is -2.47. The lowest BCUT2D eigenvalue weighted by Crippen LogP contribution is -2.41. The molecule has 1 aliphatic carbocycles. The zero-order valence-corrected chi connectivity index (χ0v) is 17.4. The molecular formula is C23H31N5O. The molecule has 1 aromatic heterocycles. The number of aromatic nitrogens is 2. The van der Waals surface area contributed by atoms with Gasteiger partial charge >= 0.3 is 0 Å². The minimum Gasteiger partial charge on any atom is -0.356 e. The van der Waals surface area contributed by atoms with Crippen LogP contribution in [0, 0.1) is 19.8 Å². The van der Waals surface area contributed by atoms with E-state index in [1.54, 1.807) is 0 Å². The summed E-state index contributed by atoms with van der Waals surface area (Å²) in [7, 11) is 0. The average molecular weight is 394 g/mol. The first-order chi connectivity index (χ1) is 14.0. The number of rotatable bonds is 5. The maximum absolute atomic E-state index is 12.6. The molecule has 0 spiro atoms. The number of carbonyl (C=O) groups is 1. The van der Waals surface area contributed by atoms with Crippen LogP contribution in [-0.4, -0.2) is 35.0 Å². The van der Waals surface area contributed by atoms with Crippen molar-refractivity contribution in [1.29, 1.82) is 0 Å². The standard InChI is InChI=1S/C23H31N5O/c1-15-3-5-17(6-4-15)14-25-23(29)18-7-9-28(10-8-18)22-13-21(26-16(2)27-22)19-11-20(24)12-19/h3-6,13,18-20H,7-12,14,24H2,1-2H3,(H,25,29). The summed E-state index contributed by atoms with van der Waals surface area (Å²) in [5.74, 6) is 2.51. The van der Waals surface area contributed by atoms with E-state index in [1.807, 2.05) is 6.92 Å². The summed E-state index contributed by atoms with van der Waals surface area (Å²) in [5, 5.41) is 3.10. The highest BCUT2D eigenvalue weighted by Crippen LogP contribution is 2.36. The zero-order chi connectivity index (χ0) is 20.4. The van der Waals surface area contributed by atoms with Crippen LogP contribution < -0.4 is 16.0 Å². The first-order valence-corrected chi connectivity index (χ1v) is 10.7. The van der Waals surface area contributed by atoms with Gasteiger partial charge in [0, 0.05) is 49.3 Å². The van der Waals surface area contributed by atoms with Gasteiger partial charge in [0.25, 0.3) is 0 Å². The molecule has 1 saturated carbocycles. The van der Waals surface area contributed by atoms with Crippen molar-refractivity contribution in [3.05, 3.63) is 53.0 Å². The smallest absolute Gasteiger partial charge is 0.223 e. The Balaban J connectivity index is 1.31. The Morgan fingerprint density at radius 1 is 1.14 bits per heavy atom. The van der Waals surface area contributed by atoms with E-state index in [1.165, 1.54) is 5.56 Å². The van der Waals surface area contributed by atoms with Crippen molar-refractivity contribution < 1.29 is 4.79 Å². The Bertz CT molecular complexity index is 852. The molecule has 1 amide bonds. The molecule has 29 heavy (non-hydrogen) atoms. The number of nitrogens with zero attached hydrogens (tertiary/aromatic N) is 3. The van der Waals surface area contributed by atoms with Gasteiger partial charge in [-0.2, -0.15) is 0 Å². The average Bonchev–Trinajstić information content (AvgIpc) is 2.70. The Morgan fingerprint density at radius 2 is 1.83 bits per heavy atom. The lowest BCUT2D eigenvalue weighted by molar-refractivity contribution is -0.125. The van der Waals surface area contributed by atoms with Gasteiger partial charge in [0.2, 0.25) is 5.91 Å². The van der Waals surface area contributed by atoms with Crippen LogP contribution in [0.3, 0.4) is 0 Å². The summed E-state index contributed by atoms with van der Waals surface area (Å²) in [6, 6.07) is 10.7. The van der Waals surface area contributed by atoms with Crippen molar-refractivity contribution in [2.75, 3.05) is 18.0 Å². The third-order valence-electron chi connectivity index (χ3n) is 6.21. The molecule has 2 heterocycles. The molecule has 0 atom stereocenters. The summed E-state index contributed by atoms with van der Waals surface area (Å²) in [6.07, 6.45) is 3.73. The maximum Gasteiger partial charge on any atom is 0.223 e. The van der Waals surface area contributed by atoms with E-state index in [-0.39, 0.29) is 11.8 Å². The van der Waals surface area contributed by atoms with Gasteiger partial charge < -0.3 is 16.0 Å². The minimum absolute atomic E-state index is 0.0729. The van der Waals surface area contributed by atoms with Crippen LogP contribution in [0.2, 0.25) is 0 Å². The summed E-state index contributed by atoms with van der Waals surface area (Å²) < 4.78 is 0. The molecule has 4 rings (SSSR count). The van der Waals surface area contributed by atoms with E-state index in [0.29, 0.717) is 18.5 Å². The van der Waals surface area contributed by atoms with Crippen LogP contribution in [-0.2, 0) is 11.3 Å². The highest BCUT2D eigenvalue weighted by molar-refractivity contribution is 5.79. The molecule has 154 valence electrons. The van der Waals surface area contributed by atoms with Crippen LogP contribution in [0.15, 0.2) is 30.3 Å². The van der Waals surface area contributed by atoms with E-state index in [9.17, 15) is 4.79 Å². The first-order valence-electron chi connectivity index (χ1n) is 10.7. The third kappa shape index (κ3) is 4.75. The number of hydrogen-bond donors (Lipinski definition) is 2. The second-order valence-corrected chi connectivity index (χ2v) is 8.59. The predicted octanol–water partition coefficient (Wildman–Crippen LogP) is 2.83. The van der Waals surface area contributed by atoms with E-state index in [0.717, 1.165) is 61.7 Å². The van der Waals surface area contributed by atoms with Gasteiger partial charge in [0.1, 0.15) is 11.6 Å². The summed E-state index contributed by atoms with van der Waals surface area (Å²) in [5.41, 5.74) is 9.44. The number of anilines is 1. The molecule has 2 fully saturated rings. The Morgan fingerprint density at radius 3 is 2.48 bits per heavy atom. The molecule has 6 nitrogen and oxygen atoms in total.